The van der Waals surface area contributed by atoms with Crippen molar-refractivity contribution in [1.82, 2.24) is 9.36 Å². The summed E-state index contributed by atoms with van der Waals surface area (Å²) < 4.78 is 13.7. The molecule has 0 fully saturated rings. The number of nitrogens with zero attached hydrogens (tertiary/aromatic N) is 2. The summed E-state index contributed by atoms with van der Waals surface area (Å²) in [6.45, 7) is 0. The molecular formula is C9H6BrN3O4S. The van der Waals surface area contributed by atoms with Gasteiger partial charge in [-0.3, -0.25) is 10.1 Å². The normalized spacial score (nSPS) is 10.1. The largest absolute Gasteiger partial charge is 0.463 e. The standard InChI is InChI=1S/C9H6BrN3O4S/c1-16-8(15)6-11-9(18-13-6)12-7(14)4-2-3-5(10)17-4/h2-3H,1H3,(H,11,12,13,14). The summed E-state index contributed by atoms with van der Waals surface area (Å²) in [5, 5.41) is 2.64. The predicted octanol–water partition coefficient (Wildman–Crippen LogP) is 1.93. The Balaban J connectivity index is 2.08. The van der Waals surface area contributed by atoms with E-state index in [1.165, 1.54) is 13.2 Å². The molecule has 0 saturated carbocycles. The zero-order valence-corrected chi connectivity index (χ0v) is 11.4. The van der Waals surface area contributed by atoms with Gasteiger partial charge in [-0.1, -0.05) is 0 Å². The van der Waals surface area contributed by atoms with Gasteiger partial charge >= 0.3 is 5.97 Å². The molecule has 2 rings (SSSR count). The number of carbonyl (C=O) groups excluding carboxylic acids is 2. The molecule has 18 heavy (non-hydrogen) atoms. The van der Waals surface area contributed by atoms with Gasteiger partial charge in [0.25, 0.3) is 11.7 Å². The Morgan fingerprint density at radius 3 is 2.89 bits per heavy atom. The molecule has 0 atom stereocenters. The van der Waals surface area contributed by atoms with Crippen LogP contribution in [0.5, 0.6) is 0 Å². The van der Waals surface area contributed by atoms with E-state index in [4.69, 9.17) is 4.42 Å². The van der Waals surface area contributed by atoms with Gasteiger partial charge in [-0.25, -0.2) is 4.79 Å². The van der Waals surface area contributed by atoms with E-state index in [0.29, 0.717) is 4.67 Å². The number of amides is 1. The minimum absolute atomic E-state index is 0.0987. The molecule has 0 radical (unpaired) electrons. The summed E-state index contributed by atoms with van der Waals surface area (Å²) in [6, 6.07) is 3.09. The van der Waals surface area contributed by atoms with Crippen LogP contribution < -0.4 is 5.32 Å². The molecule has 2 heterocycles. The van der Waals surface area contributed by atoms with E-state index in [9.17, 15) is 9.59 Å². The molecule has 1 N–H and O–H groups in total. The first-order valence-electron chi connectivity index (χ1n) is 4.59. The quantitative estimate of drug-likeness (QED) is 0.863. The Kier molecular flexibility index (Phi) is 3.72. The van der Waals surface area contributed by atoms with Crippen molar-refractivity contribution in [3.05, 3.63) is 28.4 Å². The number of carbonyl (C=O) groups is 2. The molecule has 94 valence electrons. The number of rotatable bonds is 3. The lowest BCUT2D eigenvalue weighted by Gasteiger charge is -1.96. The highest BCUT2D eigenvalue weighted by molar-refractivity contribution is 9.10. The number of ether oxygens (including phenoxy) is 1. The van der Waals surface area contributed by atoms with Crippen LogP contribution in [0.4, 0.5) is 5.13 Å². The molecule has 1 amide bonds. The fourth-order valence-corrected chi connectivity index (χ4v) is 1.90. The molecule has 2 aromatic rings. The summed E-state index contributed by atoms with van der Waals surface area (Å²) in [5.74, 6) is -1.11. The number of esters is 1. The first kappa shape index (κ1) is 12.7. The van der Waals surface area contributed by atoms with Crippen LogP contribution in [-0.2, 0) is 4.74 Å². The first-order chi connectivity index (χ1) is 8.60. The van der Waals surface area contributed by atoms with E-state index in [-0.39, 0.29) is 16.7 Å². The number of nitrogens with one attached hydrogen (secondary N) is 1. The van der Waals surface area contributed by atoms with Crippen LogP contribution >= 0.6 is 27.5 Å². The van der Waals surface area contributed by atoms with Crippen molar-refractivity contribution in [1.29, 1.82) is 0 Å². The second-order valence-corrected chi connectivity index (χ2v) is 4.51. The molecule has 0 unspecified atom stereocenters. The van der Waals surface area contributed by atoms with Crippen molar-refractivity contribution in [3.8, 4) is 0 Å². The minimum atomic E-state index is -0.660. The van der Waals surface area contributed by atoms with E-state index >= 15 is 0 Å². The van der Waals surface area contributed by atoms with Gasteiger partial charge in [-0.15, -0.1) is 0 Å². The van der Waals surface area contributed by atoms with E-state index in [2.05, 4.69) is 35.3 Å². The third-order valence-electron chi connectivity index (χ3n) is 1.81. The van der Waals surface area contributed by atoms with Crippen molar-refractivity contribution >= 4 is 44.5 Å². The van der Waals surface area contributed by atoms with E-state index in [1.807, 2.05) is 0 Å². The number of hydrogen-bond donors (Lipinski definition) is 1. The fraction of sp³-hybridized carbons (Fsp3) is 0.111. The van der Waals surface area contributed by atoms with Crippen molar-refractivity contribution in [2.24, 2.45) is 0 Å². The lowest BCUT2D eigenvalue weighted by Crippen LogP contribution is -2.11. The Morgan fingerprint density at radius 1 is 1.50 bits per heavy atom. The Bertz CT molecular complexity index is 594. The predicted molar refractivity (Wildman–Crippen MR) is 65.6 cm³/mol. The van der Waals surface area contributed by atoms with Gasteiger partial charge in [0, 0.05) is 11.5 Å². The molecule has 0 aliphatic heterocycles. The number of anilines is 1. The van der Waals surface area contributed by atoms with Crippen LogP contribution in [0.1, 0.15) is 21.2 Å². The number of hydrogen-bond acceptors (Lipinski definition) is 7. The lowest BCUT2D eigenvalue weighted by molar-refractivity contribution is 0.0588. The number of furan rings is 1. The third-order valence-corrected chi connectivity index (χ3v) is 2.87. The lowest BCUT2D eigenvalue weighted by atomic mass is 10.4. The third kappa shape index (κ3) is 2.74. The molecular weight excluding hydrogens is 326 g/mol. The first-order valence-corrected chi connectivity index (χ1v) is 6.15. The second-order valence-electron chi connectivity index (χ2n) is 2.97. The summed E-state index contributed by atoms with van der Waals surface area (Å²) in [5.41, 5.74) is 0. The summed E-state index contributed by atoms with van der Waals surface area (Å²) >= 11 is 3.96. The number of aromatic nitrogens is 2. The van der Waals surface area contributed by atoms with Crippen molar-refractivity contribution in [2.75, 3.05) is 12.4 Å². The van der Waals surface area contributed by atoms with Crippen LogP contribution in [0.15, 0.2) is 21.2 Å². The van der Waals surface area contributed by atoms with Gasteiger partial charge in [0.05, 0.1) is 7.11 Å². The number of halogens is 1. The van der Waals surface area contributed by atoms with Crippen LogP contribution in [0.2, 0.25) is 0 Å². The summed E-state index contributed by atoms with van der Waals surface area (Å²) in [7, 11) is 1.22. The summed E-state index contributed by atoms with van der Waals surface area (Å²) in [4.78, 5) is 26.6. The van der Waals surface area contributed by atoms with Crippen LogP contribution in [0.25, 0.3) is 0 Å². The molecule has 0 aliphatic carbocycles. The highest BCUT2D eigenvalue weighted by Gasteiger charge is 2.16. The molecule has 9 heteroatoms. The van der Waals surface area contributed by atoms with Crippen molar-refractivity contribution < 1.29 is 18.7 Å². The highest BCUT2D eigenvalue weighted by atomic mass is 79.9. The Labute approximate surface area is 113 Å². The zero-order valence-electron chi connectivity index (χ0n) is 8.97. The van der Waals surface area contributed by atoms with Gasteiger partial charge in [-0.05, 0) is 28.1 Å². The maximum absolute atomic E-state index is 11.7. The minimum Gasteiger partial charge on any atom is -0.463 e. The molecule has 0 spiro atoms. The van der Waals surface area contributed by atoms with Crippen LogP contribution in [0, 0.1) is 0 Å². The van der Waals surface area contributed by atoms with E-state index < -0.39 is 11.9 Å². The zero-order chi connectivity index (χ0) is 13.1. The van der Waals surface area contributed by atoms with Gasteiger partial charge < -0.3 is 9.15 Å². The molecule has 2 aromatic heterocycles. The average molecular weight is 332 g/mol. The highest BCUT2D eigenvalue weighted by Crippen LogP contribution is 2.17. The fourth-order valence-electron chi connectivity index (χ4n) is 1.04. The van der Waals surface area contributed by atoms with Crippen LogP contribution in [0.3, 0.4) is 0 Å². The van der Waals surface area contributed by atoms with Gasteiger partial charge in [0.1, 0.15) is 0 Å². The topological polar surface area (TPSA) is 94.3 Å². The van der Waals surface area contributed by atoms with E-state index in [0.717, 1.165) is 11.5 Å². The second kappa shape index (κ2) is 5.27. The van der Waals surface area contributed by atoms with E-state index in [1.54, 1.807) is 6.07 Å². The maximum Gasteiger partial charge on any atom is 0.377 e. The molecule has 0 aliphatic rings. The monoisotopic (exact) mass is 331 g/mol. The Hall–Kier alpha value is -1.74. The van der Waals surface area contributed by atoms with Crippen LogP contribution in [-0.4, -0.2) is 28.3 Å². The SMILES string of the molecule is COC(=O)c1nsc(NC(=O)c2ccc(Br)o2)n1. The maximum atomic E-state index is 11.7. The average Bonchev–Trinajstić information content (AvgIpc) is 2.97. The van der Waals surface area contributed by atoms with Gasteiger partial charge in [0.2, 0.25) is 5.13 Å². The summed E-state index contributed by atoms with van der Waals surface area (Å²) in [6.07, 6.45) is 0. The van der Waals surface area contributed by atoms with Crippen molar-refractivity contribution in [2.45, 2.75) is 0 Å². The molecule has 0 saturated heterocycles. The number of methoxy groups -OCH3 is 1. The Morgan fingerprint density at radius 2 is 2.28 bits per heavy atom. The molecule has 0 bridgehead atoms. The molecule has 7 nitrogen and oxygen atoms in total. The molecule has 0 aromatic carbocycles. The van der Waals surface area contributed by atoms with Gasteiger partial charge in [0.15, 0.2) is 10.4 Å². The van der Waals surface area contributed by atoms with Gasteiger partial charge in [-0.2, -0.15) is 9.36 Å². The smallest absolute Gasteiger partial charge is 0.377 e. The van der Waals surface area contributed by atoms with Crippen molar-refractivity contribution in [3.63, 3.8) is 0 Å².